The third-order valence-corrected chi connectivity index (χ3v) is 4.77. The standard InChI is InChI=1S/C18H18N4OS/c19-14-3-1-2-11(6-14)10-22-17(23)9-15-8-13-7-12(18(20)21)4-5-16(13)24-15/h1-8H,9-10,19H2,(H3,20,21)(H,22,23). The van der Waals surface area contributed by atoms with Gasteiger partial charge in [0.15, 0.2) is 0 Å². The van der Waals surface area contributed by atoms with E-state index in [4.69, 9.17) is 16.9 Å². The van der Waals surface area contributed by atoms with Gasteiger partial charge in [0.25, 0.3) is 0 Å². The van der Waals surface area contributed by atoms with E-state index in [9.17, 15) is 4.79 Å². The van der Waals surface area contributed by atoms with Gasteiger partial charge in [-0.1, -0.05) is 12.1 Å². The molecule has 2 aromatic carbocycles. The molecule has 5 nitrogen and oxygen atoms in total. The first-order valence-electron chi connectivity index (χ1n) is 7.49. The van der Waals surface area contributed by atoms with Gasteiger partial charge in [0.05, 0.1) is 6.42 Å². The fourth-order valence-corrected chi connectivity index (χ4v) is 3.52. The first-order chi connectivity index (χ1) is 11.5. The van der Waals surface area contributed by atoms with Crippen LogP contribution in [-0.2, 0) is 17.8 Å². The van der Waals surface area contributed by atoms with E-state index in [0.29, 0.717) is 24.2 Å². The van der Waals surface area contributed by atoms with E-state index in [1.165, 1.54) is 0 Å². The highest BCUT2D eigenvalue weighted by Gasteiger charge is 2.08. The number of amidine groups is 1. The summed E-state index contributed by atoms with van der Waals surface area (Å²) in [6.45, 7) is 0.462. The summed E-state index contributed by atoms with van der Waals surface area (Å²) in [7, 11) is 0. The number of hydrogen-bond acceptors (Lipinski definition) is 4. The van der Waals surface area contributed by atoms with Crippen LogP contribution in [0.4, 0.5) is 5.69 Å². The molecule has 0 bridgehead atoms. The molecule has 3 aromatic rings. The van der Waals surface area contributed by atoms with E-state index in [0.717, 1.165) is 20.5 Å². The van der Waals surface area contributed by atoms with Crippen molar-refractivity contribution in [1.29, 1.82) is 5.41 Å². The zero-order valence-electron chi connectivity index (χ0n) is 13.0. The van der Waals surface area contributed by atoms with Crippen LogP contribution in [0.2, 0.25) is 0 Å². The van der Waals surface area contributed by atoms with Crippen molar-refractivity contribution >= 4 is 38.9 Å². The lowest BCUT2D eigenvalue weighted by atomic mass is 10.1. The lowest BCUT2D eigenvalue weighted by Gasteiger charge is -2.05. The molecule has 6 heteroatoms. The molecule has 0 aliphatic heterocycles. The zero-order valence-corrected chi connectivity index (χ0v) is 13.8. The molecule has 0 fully saturated rings. The lowest BCUT2D eigenvalue weighted by Crippen LogP contribution is -2.24. The van der Waals surface area contributed by atoms with Crippen molar-refractivity contribution in [3.05, 3.63) is 64.5 Å². The van der Waals surface area contributed by atoms with E-state index in [2.05, 4.69) is 5.32 Å². The largest absolute Gasteiger partial charge is 0.399 e. The fourth-order valence-electron chi connectivity index (χ4n) is 2.48. The summed E-state index contributed by atoms with van der Waals surface area (Å²) in [5.74, 6) is 0.0142. The highest BCUT2D eigenvalue weighted by atomic mass is 32.1. The molecular formula is C18H18N4OS. The maximum absolute atomic E-state index is 12.1. The van der Waals surface area contributed by atoms with Crippen molar-refractivity contribution in [3.63, 3.8) is 0 Å². The molecule has 0 aliphatic carbocycles. The molecule has 1 heterocycles. The summed E-state index contributed by atoms with van der Waals surface area (Å²) in [4.78, 5) is 13.1. The Bertz CT molecular complexity index is 916. The average Bonchev–Trinajstić information content (AvgIpc) is 2.94. The molecule has 0 saturated heterocycles. The Morgan fingerprint density at radius 1 is 1.17 bits per heavy atom. The Morgan fingerprint density at radius 2 is 2.00 bits per heavy atom. The van der Waals surface area contributed by atoms with Gasteiger partial charge in [-0.25, -0.2) is 0 Å². The average molecular weight is 338 g/mol. The SMILES string of the molecule is N=C(N)c1ccc2sc(CC(=O)NCc3cccc(N)c3)cc2c1. The minimum Gasteiger partial charge on any atom is -0.399 e. The van der Waals surface area contributed by atoms with Crippen LogP contribution in [0.15, 0.2) is 48.5 Å². The van der Waals surface area contributed by atoms with E-state index >= 15 is 0 Å². The maximum atomic E-state index is 12.1. The first kappa shape index (κ1) is 16.0. The van der Waals surface area contributed by atoms with Crippen molar-refractivity contribution in [2.24, 2.45) is 5.73 Å². The number of amides is 1. The Balaban J connectivity index is 1.65. The molecule has 0 radical (unpaired) electrons. The van der Waals surface area contributed by atoms with Crippen LogP contribution in [0.1, 0.15) is 16.0 Å². The van der Waals surface area contributed by atoms with Crippen molar-refractivity contribution in [3.8, 4) is 0 Å². The van der Waals surface area contributed by atoms with Crippen LogP contribution in [0.5, 0.6) is 0 Å². The molecular weight excluding hydrogens is 320 g/mol. The molecule has 0 saturated carbocycles. The Labute approximate surface area is 143 Å². The smallest absolute Gasteiger partial charge is 0.225 e. The number of carbonyl (C=O) groups is 1. The fraction of sp³-hybridized carbons (Fsp3) is 0.111. The van der Waals surface area contributed by atoms with Gasteiger partial charge in [-0.2, -0.15) is 0 Å². The van der Waals surface area contributed by atoms with Crippen LogP contribution in [0.3, 0.4) is 0 Å². The molecule has 0 unspecified atom stereocenters. The predicted octanol–water partition coefficient (Wildman–Crippen LogP) is 2.63. The molecule has 1 amide bonds. The van der Waals surface area contributed by atoms with Gasteiger partial charge in [0.1, 0.15) is 5.84 Å². The molecule has 6 N–H and O–H groups in total. The molecule has 0 spiro atoms. The number of benzene rings is 2. The Kier molecular flexibility index (Phi) is 4.48. The van der Waals surface area contributed by atoms with Gasteiger partial charge in [0.2, 0.25) is 5.91 Å². The van der Waals surface area contributed by atoms with Crippen molar-refractivity contribution in [2.45, 2.75) is 13.0 Å². The minimum absolute atomic E-state index is 0.0317. The summed E-state index contributed by atoms with van der Waals surface area (Å²) in [6.07, 6.45) is 0.330. The number of nitrogen functional groups attached to an aromatic ring is 2. The summed E-state index contributed by atoms with van der Waals surface area (Å²) >= 11 is 1.58. The first-order valence-corrected chi connectivity index (χ1v) is 8.31. The second kappa shape index (κ2) is 6.72. The molecule has 0 aliphatic rings. The molecule has 3 rings (SSSR count). The normalized spacial score (nSPS) is 10.7. The monoisotopic (exact) mass is 338 g/mol. The number of rotatable bonds is 5. The number of hydrogen-bond donors (Lipinski definition) is 4. The number of nitrogens with two attached hydrogens (primary N) is 2. The summed E-state index contributed by atoms with van der Waals surface area (Å²) in [5.41, 5.74) is 13.6. The Morgan fingerprint density at radius 3 is 2.75 bits per heavy atom. The second-order valence-corrected chi connectivity index (χ2v) is 6.75. The minimum atomic E-state index is -0.0317. The molecule has 24 heavy (non-hydrogen) atoms. The highest BCUT2D eigenvalue weighted by molar-refractivity contribution is 7.19. The molecule has 122 valence electrons. The predicted molar refractivity (Wildman–Crippen MR) is 99.2 cm³/mol. The van der Waals surface area contributed by atoms with Crippen molar-refractivity contribution < 1.29 is 4.79 Å². The zero-order chi connectivity index (χ0) is 17.1. The number of carbonyl (C=O) groups excluding carboxylic acids is 1. The Hall–Kier alpha value is -2.86. The molecule has 1 aromatic heterocycles. The summed E-state index contributed by atoms with van der Waals surface area (Å²) < 4.78 is 1.08. The van der Waals surface area contributed by atoms with E-state index in [1.54, 1.807) is 11.3 Å². The van der Waals surface area contributed by atoms with Crippen LogP contribution < -0.4 is 16.8 Å². The number of thiophene rings is 1. The van der Waals surface area contributed by atoms with Crippen LogP contribution >= 0.6 is 11.3 Å². The summed E-state index contributed by atoms with van der Waals surface area (Å²) in [6, 6.07) is 15.1. The number of fused-ring (bicyclic) bond motifs is 1. The third kappa shape index (κ3) is 3.72. The van der Waals surface area contributed by atoms with Gasteiger partial charge in [0, 0.05) is 27.4 Å². The van der Waals surface area contributed by atoms with Gasteiger partial charge in [-0.15, -0.1) is 11.3 Å². The quantitative estimate of drug-likeness (QED) is 0.326. The van der Waals surface area contributed by atoms with Crippen molar-refractivity contribution in [1.82, 2.24) is 5.32 Å². The van der Waals surface area contributed by atoms with Crippen LogP contribution in [0, 0.1) is 5.41 Å². The van der Waals surface area contributed by atoms with E-state index in [-0.39, 0.29) is 11.7 Å². The van der Waals surface area contributed by atoms with Crippen LogP contribution in [0.25, 0.3) is 10.1 Å². The van der Waals surface area contributed by atoms with Gasteiger partial charge in [-0.3, -0.25) is 10.2 Å². The molecule has 0 atom stereocenters. The lowest BCUT2D eigenvalue weighted by molar-refractivity contribution is -0.120. The summed E-state index contributed by atoms with van der Waals surface area (Å²) in [5, 5.41) is 11.4. The van der Waals surface area contributed by atoms with E-state index < -0.39 is 0 Å². The number of nitrogens with one attached hydrogen (secondary N) is 2. The van der Waals surface area contributed by atoms with Crippen molar-refractivity contribution in [2.75, 3.05) is 5.73 Å². The van der Waals surface area contributed by atoms with Gasteiger partial charge >= 0.3 is 0 Å². The van der Waals surface area contributed by atoms with Gasteiger partial charge < -0.3 is 16.8 Å². The highest BCUT2D eigenvalue weighted by Crippen LogP contribution is 2.27. The third-order valence-electron chi connectivity index (χ3n) is 3.65. The topological polar surface area (TPSA) is 105 Å². The van der Waals surface area contributed by atoms with Crippen LogP contribution in [-0.4, -0.2) is 11.7 Å². The maximum Gasteiger partial charge on any atom is 0.225 e. The second-order valence-electron chi connectivity index (χ2n) is 5.58. The number of anilines is 1. The van der Waals surface area contributed by atoms with Gasteiger partial charge in [-0.05, 0) is 47.3 Å². The van der Waals surface area contributed by atoms with E-state index in [1.807, 2.05) is 48.5 Å².